The fourth-order valence-electron chi connectivity index (χ4n) is 3.24. The number of rotatable bonds is 4. The summed E-state index contributed by atoms with van der Waals surface area (Å²) in [5.41, 5.74) is 1.21. The number of guanidine groups is 1. The molecule has 0 aromatic heterocycles. The third-order valence-corrected chi connectivity index (χ3v) is 4.60. The number of nitrogens with one attached hydrogen (secondary N) is 2. The van der Waals surface area contributed by atoms with E-state index in [1.165, 1.54) is 16.3 Å². The van der Waals surface area contributed by atoms with Gasteiger partial charge in [-0.3, -0.25) is 4.79 Å². The van der Waals surface area contributed by atoms with E-state index >= 15 is 0 Å². The minimum Gasteiger partial charge on any atom is -0.357 e. The van der Waals surface area contributed by atoms with Gasteiger partial charge in [-0.05, 0) is 29.7 Å². The SMILES string of the molecule is CCNC(=NCc1cccc2ccccc12)NC1CCC(=O)N(C)C1.I. The van der Waals surface area contributed by atoms with Crippen LogP contribution in [0, 0.1) is 0 Å². The highest BCUT2D eigenvalue weighted by Gasteiger charge is 2.23. The number of fused-ring (bicyclic) bond motifs is 1. The second kappa shape index (κ2) is 9.75. The first kappa shape index (κ1) is 20.5. The molecule has 2 aromatic rings. The summed E-state index contributed by atoms with van der Waals surface area (Å²) in [4.78, 5) is 18.2. The quantitative estimate of drug-likeness (QED) is 0.414. The minimum absolute atomic E-state index is 0. The third-order valence-electron chi connectivity index (χ3n) is 4.60. The second-order valence-corrected chi connectivity index (χ2v) is 6.49. The number of hydrogen-bond acceptors (Lipinski definition) is 2. The van der Waals surface area contributed by atoms with Crippen molar-refractivity contribution < 1.29 is 4.79 Å². The number of carbonyl (C=O) groups is 1. The molecule has 0 radical (unpaired) electrons. The molecular formula is C20H27IN4O. The van der Waals surface area contributed by atoms with Gasteiger partial charge >= 0.3 is 0 Å². The molecule has 1 fully saturated rings. The first-order valence-electron chi connectivity index (χ1n) is 8.93. The summed E-state index contributed by atoms with van der Waals surface area (Å²) >= 11 is 0. The van der Waals surface area contributed by atoms with Crippen molar-refractivity contribution in [3.63, 3.8) is 0 Å². The smallest absolute Gasteiger partial charge is 0.222 e. The van der Waals surface area contributed by atoms with Crippen LogP contribution in [0.1, 0.15) is 25.3 Å². The van der Waals surface area contributed by atoms with E-state index in [1.807, 2.05) is 7.05 Å². The summed E-state index contributed by atoms with van der Waals surface area (Å²) in [6.07, 6.45) is 1.44. The Kier molecular flexibility index (Phi) is 7.68. The van der Waals surface area contributed by atoms with Crippen LogP contribution in [0.2, 0.25) is 0 Å². The average Bonchev–Trinajstić information content (AvgIpc) is 2.63. The van der Waals surface area contributed by atoms with E-state index in [2.05, 4.69) is 60.0 Å². The molecular weight excluding hydrogens is 439 g/mol. The lowest BCUT2D eigenvalue weighted by molar-refractivity contribution is -0.132. The zero-order valence-corrected chi connectivity index (χ0v) is 17.7. The number of likely N-dealkylation sites (N-methyl/N-ethyl adjacent to an activating group) is 1. The van der Waals surface area contributed by atoms with Gasteiger partial charge in [0.1, 0.15) is 0 Å². The van der Waals surface area contributed by atoms with E-state index in [4.69, 9.17) is 4.99 Å². The molecule has 2 N–H and O–H groups in total. The highest BCUT2D eigenvalue weighted by molar-refractivity contribution is 14.0. The van der Waals surface area contributed by atoms with Crippen LogP contribution in [-0.2, 0) is 11.3 Å². The largest absolute Gasteiger partial charge is 0.357 e. The Hall–Kier alpha value is -1.83. The number of benzene rings is 2. The molecule has 1 aliphatic heterocycles. The zero-order valence-electron chi connectivity index (χ0n) is 15.4. The summed E-state index contributed by atoms with van der Waals surface area (Å²) in [5.74, 6) is 1.03. The topological polar surface area (TPSA) is 56.7 Å². The minimum atomic E-state index is 0. The van der Waals surface area contributed by atoms with Crippen molar-refractivity contribution in [2.75, 3.05) is 20.1 Å². The third kappa shape index (κ3) is 5.09. The Balaban J connectivity index is 0.00000243. The van der Waals surface area contributed by atoms with E-state index in [1.54, 1.807) is 4.90 Å². The maximum absolute atomic E-state index is 11.6. The lowest BCUT2D eigenvalue weighted by Crippen LogP contribution is -2.51. The van der Waals surface area contributed by atoms with Gasteiger partial charge in [0.15, 0.2) is 5.96 Å². The van der Waals surface area contributed by atoms with Crippen LogP contribution in [0.5, 0.6) is 0 Å². The van der Waals surface area contributed by atoms with Crippen molar-refractivity contribution in [3.8, 4) is 0 Å². The highest BCUT2D eigenvalue weighted by Crippen LogP contribution is 2.19. The highest BCUT2D eigenvalue weighted by atomic mass is 127. The number of nitrogens with zero attached hydrogens (tertiary/aromatic N) is 2. The number of piperidine rings is 1. The van der Waals surface area contributed by atoms with Crippen molar-refractivity contribution in [2.24, 2.45) is 4.99 Å². The van der Waals surface area contributed by atoms with E-state index in [9.17, 15) is 4.79 Å². The maximum Gasteiger partial charge on any atom is 0.222 e. The zero-order chi connectivity index (χ0) is 17.6. The maximum atomic E-state index is 11.6. The van der Waals surface area contributed by atoms with Crippen molar-refractivity contribution in [1.29, 1.82) is 0 Å². The van der Waals surface area contributed by atoms with Gasteiger partial charge in [0.05, 0.1) is 6.54 Å². The number of aliphatic imine (C=N–C) groups is 1. The summed E-state index contributed by atoms with van der Waals surface area (Å²) < 4.78 is 0. The number of likely N-dealkylation sites (tertiary alicyclic amines) is 1. The van der Waals surface area contributed by atoms with E-state index in [-0.39, 0.29) is 35.9 Å². The number of hydrogen-bond donors (Lipinski definition) is 2. The number of halogens is 1. The normalized spacial score (nSPS) is 17.8. The monoisotopic (exact) mass is 466 g/mol. The van der Waals surface area contributed by atoms with Crippen LogP contribution in [0.4, 0.5) is 0 Å². The van der Waals surface area contributed by atoms with Gasteiger partial charge in [0, 0.05) is 32.6 Å². The molecule has 1 amide bonds. The second-order valence-electron chi connectivity index (χ2n) is 6.49. The molecule has 0 aliphatic carbocycles. The van der Waals surface area contributed by atoms with Crippen LogP contribution in [0.15, 0.2) is 47.5 Å². The molecule has 5 nitrogen and oxygen atoms in total. The molecule has 0 bridgehead atoms. The molecule has 1 heterocycles. The van der Waals surface area contributed by atoms with Crippen molar-refractivity contribution in [2.45, 2.75) is 32.4 Å². The molecule has 1 saturated heterocycles. The Bertz CT molecular complexity index is 772. The van der Waals surface area contributed by atoms with Gasteiger partial charge in [-0.2, -0.15) is 0 Å². The summed E-state index contributed by atoms with van der Waals surface area (Å²) in [6, 6.07) is 15.0. The predicted molar refractivity (Wildman–Crippen MR) is 118 cm³/mol. The van der Waals surface area contributed by atoms with Gasteiger partial charge in [-0.15, -0.1) is 24.0 Å². The molecule has 6 heteroatoms. The molecule has 140 valence electrons. The van der Waals surface area contributed by atoms with E-state index in [0.29, 0.717) is 13.0 Å². The molecule has 1 atom stereocenters. The van der Waals surface area contributed by atoms with Gasteiger partial charge in [0.2, 0.25) is 5.91 Å². The first-order chi connectivity index (χ1) is 12.2. The predicted octanol–water partition coefficient (Wildman–Crippen LogP) is 3.13. The standard InChI is InChI=1S/C20H26N4O.HI/c1-3-21-20(23-17-11-12-19(25)24(2)14-17)22-13-16-9-6-8-15-7-4-5-10-18(15)16;/h4-10,17H,3,11-14H2,1-2H3,(H2,21,22,23);1H. The van der Waals surface area contributed by atoms with Crippen molar-refractivity contribution in [3.05, 3.63) is 48.0 Å². The summed E-state index contributed by atoms with van der Waals surface area (Å²) in [5, 5.41) is 9.26. The van der Waals surface area contributed by atoms with Crippen LogP contribution >= 0.6 is 24.0 Å². The average molecular weight is 466 g/mol. The Morgan fingerprint density at radius 3 is 2.77 bits per heavy atom. The Labute approximate surface area is 172 Å². The fourth-order valence-corrected chi connectivity index (χ4v) is 3.24. The van der Waals surface area contributed by atoms with E-state index in [0.717, 1.165) is 25.5 Å². The molecule has 2 aromatic carbocycles. The van der Waals surface area contributed by atoms with Crippen molar-refractivity contribution in [1.82, 2.24) is 15.5 Å². The van der Waals surface area contributed by atoms with Crippen LogP contribution in [0.25, 0.3) is 10.8 Å². The van der Waals surface area contributed by atoms with Gasteiger partial charge in [-0.1, -0.05) is 42.5 Å². The fraction of sp³-hybridized carbons (Fsp3) is 0.400. The molecule has 3 rings (SSSR count). The van der Waals surface area contributed by atoms with Crippen molar-refractivity contribution >= 4 is 46.6 Å². The lowest BCUT2D eigenvalue weighted by atomic mass is 10.0. The molecule has 0 saturated carbocycles. The number of carbonyl (C=O) groups excluding carboxylic acids is 1. The van der Waals surface area contributed by atoms with Gasteiger partial charge < -0.3 is 15.5 Å². The van der Waals surface area contributed by atoms with E-state index < -0.39 is 0 Å². The first-order valence-corrected chi connectivity index (χ1v) is 8.93. The van der Waals surface area contributed by atoms with Crippen LogP contribution < -0.4 is 10.6 Å². The Morgan fingerprint density at radius 1 is 1.23 bits per heavy atom. The van der Waals surface area contributed by atoms with Crippen LogP contribution in [-0.4, -0.2) is 42.9 Å². The molecule has 26 heavy (non-hydrogen) atoms. The Morgan fingerprint density at radius 2 is 2.00 bits per heavy atom. The van der Waals surface area contributed by atoms with Gasteiger partial charge in [0.25, 0.3) is 0 Å². The summed E-state index contributed by atoms with van der Waals surface area (Å²) in [7, 11) is 1.86. The molecule has 1 aliphatic rings. The van der Waals surface area contributed by atoms with Crippen LogP contribution in [0.3, 0.4) is 0 Å². The molecule has 0 spiro atoms. The summed E-state index contributed by atoms with van der Waals surface area (Å²) in [6.45, 7) is 4.21. The van der Waals surface area contributed by atoms with Gasteiger partial charge in [-0.25, -0.2) is 4.99 Å². The number of amides is 1. The lowest BCUT2D eigenvalue weighted by Gasteiger charge is -2.31. The molecule has 1 unspecified atom stereocenters.